The molecule has 1 N–H and O–H groups in total. The highest BCUT2D eigenvalue weighted by atomic mass is 16.5. The van der Waals surface area contributed by atoms with Crippen molar-refractivity contribution in [3.05, 3.63) is 35.4 Å². The summed E-state index contributed by atoms with van der Waals surface area (Å²) in [6.07, 6.45) is 2.04. The maximum absolute atomic E-state index is 10.4. The topological polar surface area (TPSA) is 41.9 Å². The van der Waals surface area contributed by atoms with Crippen molar-refractivity contribution in [1.82, 2.24) is 4.90 Å². The molecular weight excluding hydrogens is 302 g/mol. The average Bonchev–Trinajstić information content (AvgIpc) is 3.00. The molecule has 0 amide bonds. The first kappa shape index (κ1) is 19.4. The van der Waals surface area contributed by atoms with Crippen LogP contribution in [0.5, 0.6) is 0 Å². The summed E-state index contributed by atoms with van der Waals surface area (Å²) in [4.78, 5) is 2.29. The highest BCUT2D eigenvalue weighted by molar-refractivity contribution is 5.21. The zero-order chi connectivity index (χ0) is 17.6. The van der Waals surface area contributed by atoms with Crippen LogP contribution in [0.1, 0.15) is 44.7 Å². The van der Waals surface area contributed by atoms with Crippen molar-refractivity contribution in [3.8, 4) is 0 Å². The van der Waals surface area contributed by atoms with Crippen LogP contribution in [0.15, 0.2) is 24.3 Å². The van der Waals surface area contributed by atoms with Gasteiger partial charge in [0.05, 0.1) is 24.4 Å². The van der Waals surface area contributed by atoms with Gasteiger partial charge in [0.15, 0.2) is 0 Å². The van der Waals surface area contributed by atoms with Crippen molar-refractivity contribution in [2.45, 2.75) is 64.9 Å². The quantitative estimate of drug-likeness (QED) is 0.792. The van der Waals surface area contributed by atoms with E-state index in [0.717, 1.165) is 32.5 Å². The Bertz CT molecular complexity index is 475. The zero-order valence-corrected chi connectivity index (χ0v) is 15.6. The number of ether oxygens (including phenoxy) is 2. The molecule has 4 nitrogen and oxygen atoms in total. The summed E-state index contributed by atoms with van der Waals surface area (Å²) >= 11 is 0. The fourth-order valence-corrected chi connectivity index (χ4v) is 2.93. The van der Waals surface area contributed by atoms with Crippen LogP contribution in [-0.2, 0) is 16.0 Å². The van der Waals surface area contributed by atoms with Crippen LogP contribution in [0.2, 0.25) is 0 Å². The van der Waals surface area contributed by atoms with E-state index in [4.69, 9.17) is 9.47 Å². The molecule has 1 fully saturated rings. The van der Waals surface area contributed by atoms with Gasteiger partial charge in [-0.3, -0.25) is 4.90 Å². The van der Waals surface area contributed by atoms with Gasteiger partial charge in [-0.15, -0.1) is 0 Å². The SMILES string of the molecule is Cc1ccc(CN(C[C@@H](O)COC(C)(C)C)C[C@H]2CCCO2)cc1. The minimum absolute atomic E-state index is 0.225. The molecule has 1 aliphatic heterocycles. The molecule has 0 saturated carbocycles. The van der Waals surface area contributed by atoms with E-state index in [0.29, 0.717) is 13.2 Å². The van der Waals surface area contributed by atoms with E-state index < -0.39 is 6.10 Å². The third-order valence-corrected chi connectivity index (χ3v) is 4.19. The van der Waals surface area contributed by atoms with Gasteiger partial charge >= 0.3 is 0 Å². The van der Waals surface area contributed by atoms with Gasteiger partial charge in [-0.1, -0.05) is 29.8 Å². The molecule has 0 bridgehead atoms. The van der Waals surface area contributed by atoms with E-state index in [1.807, 2.05) is 20.8 Å². The number of aliphatic hydroxyl groups is 1. The molecule has 0 unspecified atom stereocenters. The third-order valence-electron chi connectivity index (χ3n) is 4.19. The number of rotatable bonds is 8. The Morgan fingerprint density at radius 3 is 2.58 bits per heavy atom. The molecule has 1 heterocycles. The first-order valence-corrected chi connectivity index (χ1v) is 9.03. The summed E-state index contributed by atoms with van der Waals surface area (Å²) in [5, 5.41) is 10.4. The van der Waals surface area contributed by atoms with Gasteiger partial charge in [0, 0.05) is 26.2 Å². The Hall–Kier alpha value is -0.940. The smallest absolute Gasteiger partial charge is 0.0900 e. The summed E-state index contributed by atoms with van der Waals surface area (Å²) in [5.41, 5.74) is 2.31. The van der Waals surface area contributed by atoms with Crippen LogP contribution >= 0.6 is 0 Å². The molecule has 4 heteroatoms. The summed E-state index contributed by atoms with van der Waals surface area (Å²) < 4.78 is 11.5. The maximum atomic E-state index is 10.4. The molecule has 0 aliphatic carbocycles. The van der Waals surface area contributed by atoms with Crippen molar-refractivity contribution in [1.29, 1.82) is 0 Å². The van der Waals surface area contributed by atoms with Crippen molar-refractivity contribution in [2.24, 2.45) is 0 Å². The lowest BCUT2D eigenvalue weighted by Gasteiger charge is -2.29. The summed E-state index contributed by atoms with van der Waals surface area (Å²) in [6, 6.07) is 8.60. The Kier molecular flexibility index (Phi) is 7.23. The number of nitrogens with zero attached hydrogens (tertiary/aromatic N) is 1. The molecule has 0 radical (unpaired) electrons. The van der Waals surface area contributed by atoms with E-state index in [2.05, 4.69) is 36.1 Å². The van der Waals surface area contributed by atoms with Crippen LogP contribution in [0, 0.1) is 6.92 Å². The van der Waals surface area contributed by atoms with Gasteiger partial charge < -0.3 is 14.6 Å². The van der Waals surface area contributed by atoms with Gasteiger partial charge in [-0.2, -0.15) is 0 Å². The lowest BCUT2D eigenvalue weighted by atomic mass is 10.1. The second-order valence-corrected chi connectivity index (χ2v) is 7.89. The maximum Gasteiger partial charge on any atom is 0.0900 e. The van der Waals surface area contributed by atoms with Gasteiger partial charge in [0.1, 0.15) is 0 Å². The predicted molar refractivity (Wildman–Crippen MR) is 97.1 cm³/mol. The first-order chi connectivity index (χ1) is 11.3. The Labute approximate surface area is 146 Å². The van der Waals surface area contributed by atoms with Gasteiger partial charge in [-0.05, 0) is 46.1 Å². The third kappa shape index (κ3) is 7.31. The monoisotopic (exact) mass is 335 g/mol. The molecule has 1 saturated heterocycles. The number of aliphatic hydroxyl groups excluding tert-OH is 1. The van der Waals surface area contributed by atoms with Crippen LogP contribution in [0.25, 0.3) is 0 Å². The van der Waals surface area contributed by atoms with E-state index in [-0.39, 0.29) is 11.7 Å². The Balaban J connectivity index is 1.92. The average molecular weight is 335 g/mol. The van der Waals surface area contributed by atoms with E-state index in [1.165, 1.54) is 11.1 Å². The highest BCUT2D eigenvalue weighted by Crippen LogP contribution is 2.16. The number of hydrogen-bond donors (Lipinski definition) is 1. The normalized spacial score (nSPS) is 19.8. The van der Waals surface area contributed by atoms with Crippen molar-refractivity contribution < 1.29 is 14.6 Å². The predicted octanol–water partition coefficient (Wildman–Crippen LogP) is 3.15. The van der Waals surface area contributed by atoms with Crippen LogP contribution in [0.4, 0.5) is 0 Å². The molecule has 0 spiro atoms. The van der Waals surface area contributed by atoms with Crippen LogP contribution < -0.4 is 0 Å². The van der Waals surface area contributed by atoms with Crippen molar-refractivity contribution in [3.63, 3.8) is 0 Å². The van der Waals surface area contributed by atoms with E-state index in [9.17, 15) is 5.11 Å². The van der Waals surface area contributed by atoms with Gasteiger partial charge in [0.2, 0.25) is 0 Å². The summed E-state index contributed by atoms with van der Waals surface area (Å²) in [6.45, 7) is 11.6. The largest absolute Gasteiger partial charge is 0.389 e. The molecule has 0 aromatic heterocycles. The Morgan fingerprint density at radius 2 is 2.00 bits per heavy atom. The second kappa shape index (κ2) is 8.95. The van der Waals surface area contributed by atoms with Crippen molar-refractivity contribution in [2.75, 3.05) is 26.3 Å². The minimum atomic E-state index is -0.490. The molecule has 1 aliphatic rings. The molecule has 24 heavy (non-hydrogen) atoms. The fourth-order valence-electron chi connectivity index (χ4n) is 2.93. The summed E-state index contributed by atoms with van der Waals surface area (Å²) in [5.74, 6) is 0. The van der Waals surface area contributed by atoms with Gasteiger partial charge in [-0.25, -0.2) is 0 Å². The minimum Gasteiger partial charge on any atom is -0.389 e. The zero-order valence-electron chi connectivity index (χ0n) is 15.6. The lowest BCUT2D eigenvalue weighted by molar-refractivity contribution is -0.0594. The number of benzene rings is 1. The molecule has 2 rings (SSSR count). The summed E-state index contributed by atoms with van der Waals surface area (Å²) in [7, 11) is 0. The Morgan fingerprint density at radius 1 is 1.29 bits per heavy atom. The van der Waals surface area contributed by atoms with Crippen molar-refractivity contribution >= 4 is 0 Å². The number of aryl methyl sites for hydroxylation is 1. The van der Waals surface area contributed by atoms with Gasteiger partial charge in [0.25, 0.3) is 0 Å². The molecular formula is C20H33NO3. The van der Waals surface area contributed by atoms with Crippen LogP contribution in [-0.4, -0.2) is 54.1 Å². The fraction of sp³-hybridized carbons (Fsp3) is 0.700. The standard InChI is InChI=1S/C20H33NO3/c1-16-7-9-17(10-8-16)12-21(14-19-6-5-11-23-19)13-18(22)15-24-20(2,3)4/h7-10,18-19,22H,5-6,11-15H2,1-4H3/t18-,19-/m1/s1. The second-order valence-electron chi connectivity index (χ2n) is 7.89. The first-order valence-electron chi connectivity index (χ1n) is 9.03. The molecule has 1 aromatic carbocycles. The van der Waals surface area contributed by atoms with E-state index >= 15 is 0 Å². The lowest BCUT2D eigenvalue weighted by Crippen LogP contribution is -2.40. The molecule has 136 valence electrons. The van der Waals surface area contributed by atoms with Crippen LogP contribution in [0.3, 0.4) is 0 Å². The highest BCUT2D eigenvalue weighted by Gasteiger charge is 2.22. The van der Waals surface area contributed by atoms with E-state index in [1.54, 1.807) is 0 Å². The molecule has 2 atom stereocenters. The molecule has 1 aromatic rings. The number of hydrogen-bond acceptors (Lipinski definition) is 4.